The zero-order valence-corrected chi connectivity index (χ0v) is 8.63. The minimum Gasteiger partial charge on any atom is -0.385 e. The maximum absolute atomic E-state index is 11.0. The minimum absolute atomic E-state index is 0.0650. The van der Waals surface area contributed by atoms with Gasteiger partial charge in [0, 0.05) is 20.3 Å². The van der Waals surface area contributed by atoms with Gasteiger partial charge < -0.3 is 14.8 Å². The molecule has 0 aliphatic carbocycles. The molecule has 0 aromatic carbocycles. The molecule has 0 aromatic rings. The van der Waals surface area contributed by atoms with Crippen molar-refractivity contribution in [3.63, 3.8) is 0 Å². The van der Waals surface area contributed by atoms with Crippen molar-refractivity contribution >= 4 is 5.91 Å². The van der Waals surface area contributed by atoms with E-state index in [1.54, 1.807) is 7.11 Å². The molecule has 0 saturated heterocycles. The number of nitrogens with one attached hydrogen (secondary N) is 1. The molecule has 1 amide bonds. The Bertz CT molecular complexity index is 137. The predicted octanol–water partition coefficient (Wildman–Crippen LogP) is 0.564. The summed E-state index contributed by atoms with van der Waals surface area (Å²) < 4.78 is 9.96. The van der Waals surface area contributed by atoms with Gasteiger partial charge in [0.05, 0.1) is 6.10 Å². The van der Waals surface area contributed by atoms with Crippen molar-refractivity contribution in [2.75, 3.05) is 26.9 Å². The maximum atomic E-state index is 11.0. The first-order valence-electron chi connectivity index (χ1n) is 4.54. The molecule has 0 fully saturated rings. The number of rotatable bonds is 7. The van der Waals surface area contributed by atoms with E-state index in [1.807, 2.05) is 13.8 Å². The lowest BCUT2D eigenvalue weighted by molar-refractivity contribution is -0.127. The fourth-order valence-corrected chi connectivity index (χ4v) is 0.738. The lowest BCUT2D eigenvalue weighted by atomic mass is 10.4. The Morgan fingerprint density at radius 3 is 2.69 bits per heavy atom. The molecule has 0 rings (SSSR count). The Hall–Kier alpha value is -0.610. The Balaban J connectivity index is 3.20. The number of hydrogen-bond donors (Lipinski definition) is 1. The molecule has 0 saturated carbocycles. The molecule has 0 heterocycles. The van der Waals surface area contributed by atoms with Gasteiger partial charge in [0.25, 0.3) is 0 Å². The molecule has 0 aliphatic rings. The molecule has 0 radical (unpaired) electrons. The second kappa shape index (κ2) is 8.01. The Labute approximate surface area is 79.6 Å². The molecular weight excluding hydrogens is 170 g/mol. The highest BCUT2D eigenvalue weighted by atomic mass is 16.5. The van der Waals surface area contributed by atoms with Gasteiger partial charge in [-0.05, 0) is 20.3 Å². The van der Waals surface area contributed by atoms with Crippen LogP contribution in [0.4, 0.5) is 0 Å². The molecule has 0 spiro atoms. The van der Waals surface area contributed by atoms with E-state index in [1.165, 1.54) is 0 Å². The van der Waals surface area contributed by atoms with Crippen LogP contribution in [-0.2, 0) is 14.3 Å². The van der Waals surface area contributed by atoms with Crippen molar-refractivity contribution < 1.29 is 14.3 Å². The molecular formula is C9H19NO3. The van der Waals surface area contributed by atoms with Crippen LogP contribution in [0.1, 0.15) is 20.3 Å². The molecule has 0 aliphatic heterocycles. The van der Waals surface area contributed by atoms with Crippen LogP contribution in [0.5, 0.6) is 0 Å². The summed E-state index contributed by atoms with van der Waals surface area (Å²) in [5, 5.41) is 2.73. The van der Waals surface area contributed by atoms with E-state index < -0.39 is 0 Å². The molecule has 0 aromatic heterocycles. The highest BCUT2D eigenvalue weighted by Crippen LogP contribution is 1.86. The summed E-state index contributed by atoms with van der Waals surface area (Å²) in [6, 6.07) is 0. The number of ether oxygens (including phenoxy) is 2. The number of carbonyl (C=O) groups is 1. The fourth-order valence-electron chi connectivity index (χ4n) is 0.738. The molecule has 13 heavy (non-hydrogen) atoms. The monoisotopic (exact) mass is 189 g/mol. The average Bonchev–Trinajstić information content (AvgIpc) is 2.09. The van der Waals surface area contributed by atoms with Crippen LogP contribution in [0, 0.1) is 0 Å². The number of methoxy groups -OCH3 is 1. The highest BCUT2D eigenvalue weighted by Gasteiger charge is 2.01. The van der Waals surface area contributed by atoms with Crippen LogP contribution in [0.2, 0.25) is 0 Å². The van der Waals surface area contributed by atoms with E-state index in [0.717, 1.165) is 6.42 Å². The first-order chi connectivity index (χ1) is 6.16. The molecule has 0 unspecified atom stereocenters. The average molecular weight is 189 g/mol. The molecule has 1 N–H and O–H groups in total. The minimum atomic E-state index is -0.0650. The quantitative estimate of drug-likeness (QED) is 0.595. The summed E-state index contributed by atoms with van der Waals surface area (Å²) in [5.41, 5.74) is 0. The van der Waals surface area contributed by atoms with Crippen LogP contribution >= 0.6 is 0 Å². The summed E-state index contributed by atoms with van der Waals surface area (Å²) in [4.78, 5) is 11.0. The third kappa shape index (κ3) is 9.30. The number of amides is 1. The number of carbonyl (C=O) groups excluding carboxylic acids is 1. The number of hydrogen-bond acceptors (Lipinski definition) is 3. The first kappa shape index (κ1) is 12.4. The van der Waals surface area contributed by atoms with Crippen molar-refractivity contribution in [1.82, 2.24) is 5.32 Å². The van der Waals surface area contributed by atoms with E-state index in [9.17, 15) is 4.79 Å². The molecule has 78 valence electrons. The Morgan fingerprint density at radius 1 is 1.46 bits per heavy atom. The molecule has 4 heteroatoms. The summed E-state index contributed by atoms with van der Waals surface area (Å²) in [6.07, 6.45) is 0.939. The van der Waals surface area contributed by atoms with Gasteiger partial charge in [-0.3, -0.25) is 4.79 Å². The van der Waals surface area contributed by atoms with Crippen molar-refractivity contribution in [2.45, 2.75) is 26.4 Å². The second-order valence-corrected chi connectivity index (χ2v) is 3.06. The Kier molecular flexibility index (Phi) is 7.63. The van der Waals surface area contributed by atoms with Crippen LogP contribution in [0.25, 0.3) is 0 Å². The normalized spacial score (nSPS) is 10.5. The van der Waals surface area contributed by atoms with Crippen LogP contribution in [0.3, 0.4) is 0 Å². The standard InChI is InChI=1S/C9H19NO3/c1-8(2)13-7-9(11)10-5-4-6-12-3/h8H,4-7H2,1-3H3,(H,10,11). The maximum Gasteiger partial charge on any atom is 0.246 e. The molecule has 0 atom stereocenters. The topological polar surface area (TPSA) is 47.6 Å². The van der Waals surface area contributed by atoms with Crippen LogP contribution < -0.4 is 5.32 Å². The van der Waals surface area contributed by atoms with Gasteiger partial charge in [-0.15, -0.1) is 0 Å². The molecule has 0 bridgehead atoms. The van der Waals surface area contributed by atoms with Gasteiger partial charge in [0.15, 0.2) is 0 Å². The van der Waals surface area contributed by atoms with E-state index in [0.29, 0.717) is 13.2 Å². The van der Waals surface area contributed by atoms with Crippen molar-refractivity contribution in [3.8, 4) is 0 Å². The Morgan fingerprint density at radius 2 is 2.15 bits per heavy atom. The smallest absolute Gasteiger partial charge is 0.246 e. The van der Waals surface area contributed by atoms with Crippen molar-refractivity contribution in [2.24, 2.45) is 0 Å². The third-order valence-corrected chi connectivity index (χ3v) is 1.40. The van der Waals surface area contributed by atoms with Crippen LogP contribution in [0.15, 0.2) is 0 Å². The fraction of sp³-hybridized carbons (Fsp3) is 0.889. The van der Waals surface area contributed by atoms with E-state index >= 15 is 0 Å². The summed E-state index contributed by atoms with van der Waals surface area (Å²) in [6.45, 7) is 5.26. The lowest BCUT2D eigenvalue weighted by Gasteiger charge is -2.07. The predicted molar refractivity (Wildman–Crippen MR) is 50.6 cm³/mol. The van der Waals surface area contributed by atoms with Gasteiger partial charge >= 0.3 is 0 Å². The van der Waals surface area contributed by atoms with E-state index in [2.05, 4.69) is 5.32 Å². The van der Waals surface area contributed by atoms with Gasteiger partial charge in [0.2, 0.25) is 5.91 Å². The van der Waals surface area contributed by atoms with Crippen LogP contribution in [-0.4, -0.2) is 38.9 Å². The summed E-state index contributed by atoms with van der Waals surface area (Å²) in [5.74, 6) is -0.0650. The summed E-state index contributed by atoms with van der Waals surface area (Å²) >= 11 is 0. The second-order valence-electron chi connectivity index (χ2n) is 3.06. The van der Waals surface area contributed by atoms with E-state index in [-0.39, 0.29) is 18.6 Å². The zero-order chi connectivity index (χ0) is 10.1. The van der Waals surface area contributed by atoms with Crippen molar-refractivity contribution in [3.05, 3.63) is 0 Å². The zero-order valence-electron chi connectivity index (χ0n) is 8.63. The van der Waals surface area contributed by atoms with Gasteiger partial charge in [-0.1, -0.05) is 0 Å². The molecule has 4 nitrogen and oxygen atoms in total. The van der Waals surface area contributed by atoms with E-state index in [4.69, 9.17) is 9.47 Å². The van der Waals surface area contributed by atoms with Crippen molar-refractivity contribution in [1.29, 1.82) is 0 Å². The summed E-state index contributed by atoms with van der Waals surface area (Å²) in [7, 11) is 1.64. The third-order valence-electron chi connectivity index (χ3n) is 1.40. The SMILES string of the molecule is COCCCNC(=O)COC(C)C. The van der Waals surface area contributed by atoms with Gasteiger partial charge in [-0.25, -0.2) is 0 Å². The highest BCUT2D eigenvalue weighted by molar-refractivity contribution is 5.77. The first-order valence-corrected chi connectivity index (χ1v) is 4.54. The van der Waals surface area contributed by atoms with Gasteiger partial charge in [0.1, 0.15) is 6.61 Å². The largest absolute Gasteiger partial charge is 0.385 e. The van der Waals surface area contributed by atoms with Gasteiger partial charge in [-0.2, -0.15) is 0 Å². The lowest BCUT2D eigenvalue weighted by Crippen LogP contribution is -2.30.